The number of benzene rings is 2. The Kier molecular flexibility index (Phi) is 0.928. The van der Waals surface area contributed by atoms with Crippen LogP contribution in [0.15, 0.2) is 48.3 Å². The van der Waals surface area contributed by atoms with Gasteiger partial charge in [0.15, 0.2) is 0 Å². The molecular formula is C14H14. The summed E-state index contributed by atoms with van der Waals surface area (Å²) in [6, 6.07) is -2.39. The van der Waals surface area contributed by atoms with E-state index in [-0.39, 0.29) is 64.6 Å². The first kappa shape index (κ1) is 3.54. The van der Waals surface area contributed by atoms with Crippen molar-refractivity contribution < 1.29 is 11.0 Å². The molecule has 0 unspecified atom stereocenters. The summed E-state index contributed by atoms with van der Waals surface area (Å²) in [5.41, 5.74) is 0.0767. The van der Waals surface area contributed by atoms with Gasteiger partial charge in [0.25, 0.3) is 0 Å². The van der Waals surface area contributed by atoms with Crippen molar-refractivity contribution >= 4 is 0 Å². The van der Waals surface area contributed by atoms with Gasteiger partial charge in [-0.3, -0.25) is 0 Å². The van der Waals surface area contributed by atoms with Gasteiger partial charge in [0.1, 0.15) is 0 Å². The largest absolute Gasteiger partial charge is 0.0632 e. The first-order chi connectivity index (χ1) is 10.1. The lowest BCUT2D eigenvalue weighted by molar-refractivity contribution is 1.44. The van der Waals surface area contributed by atoms with Crippen LogP contribution in [0.5, 0.6) is 0 Å². The van der Waals surface area contributed by atoms with Crippen molar-refractivity contribution in [3.8, 4) is 11.1 Å². The summed E-state index contributed by atoms with van der Waals surface area (Å²) in [5, 5.41) is 0. The highest BCUT2D eigenvalue weighted by atomic mass is 14.0. The first-order valence-corrected chi connectivity index (χ1v) is 4.25. The molecule has 0 radical (unpaired) electrons. The molecule has 0 spiro atoms. The lowest BCUT2D eigenvalue weighted by atomic mass is 10.0. The second kappa shape index (κ2) is 3.67. The summed E-state index contributed by atoms with van der Waals surface area (Å²) >= 11 is 0. The standard InChI is InChI=1S/C14H14/c1-11-6-8-13(9-7-11)14-5-3-4-12(2)10-14/h3-10H,1-2H3/i3D,4D,5D,6D,7D,8D,9D,10D. The van der Waals surface area contributed by atoms with Gasteiger partial charge in [-0.15, -0.1) is 0 Å². The fraction of sp³-hybridized carbons (Fsp3) is 0.143. The zero-order valence-electron chi connectivity index (χ0n) is 16.0. The summed E-state index contributed by atoms with van der Waals surface area (Å²) in [4.78, 5) is 0. The fourth-order valence-electron chi connectivity index (χ4n) is 1.06. The zero-order valence-corrected chi connectivity index (χ0v) is 8.00. The van der Waals surface area contributed by atoms with Crippen LogP contribution in [0, 0.1) is 13.8 Å². The minimum atomic E-state index is -0.426. The van der Waals surface area contributed by atoms with Gasteiger partial charge in [0.2, 0.25) is 0 Å². The van der Waals surface area contributed by atoms with Gasteiger partial charge in [0.05, 0.1) is 11.0 Å². The third kappa shape index (κ3) is 1.85. The van der Waals surface area contributed by atoms with E-state index >= 15 is 0 Å². The molecule has 0 atom stereocenters. The van der Waals surface area contributed by atoms with Crippen LogP contribution in [0.4, 0.5) is 0 Å². The maximum absolute atomic E-state index is 8.09. The van der Waals surface area contributed by atoms with Gasteiger partial charge in [-0.1, -0.05) is 59.5 Å². The highest BCUT2D eigenvalue weighted by molar-refractivity contribution is 5.64. The van der Waals surface area contributed by atoms with E-state index in [1.54, 1.807) is 0 Å². The molecule has 0 fully saturated rings. The Morgan fingerprint density at radius 1 is 0.786 bits per heavy atom. The molecule has 70 valence electrons. The van der Waals surface area contributed by atoms with E-state index in [1.165, 1.54) is 13.8 Å². The second-order valence-corrected chi connectivity index (χ2v) is 3.00. The van der Waals surface area contributed by atoms with Crippen molar-refractivity contribution in [1.29, 1.82) is 0 Å². The maximum atomic E-state index is 8.09. The summed E-state index contributed by atoms with van der Waals surface area (Å²) in [7, 11) is 0. The molecule has 2 aromatic carbocycles. The Morgan fingerprint density at radius 3 is 2.21 bits per heavy atom. The monoisotopic (exact) mass is 190 g/mol. The molecule has 0 saturated carbocycles. The predicted octanol–water partition coefficient (Wildman–Crippen LogP) is 3.97. The first-order valence-electron chi connectivity index (χ1n) is 8.25. The molecule has 0 aliphatic rings. The fourth-order valence-corrected chi connectivity index (χ4v) is 1.06. The van der Waals surface area contributed by atoms with Gasteiger partial charge in [-0.25, -0.2) is 0 Å². The molecule has 0 aliphatic heterocycles. The number of hydrogen-bond donors (Lipinski definition) is 0. The van der Waals surface area contributed by atoms with Crippen molar-refractivity contribution in [2.45, 2.75) is 13.8 Å². The van der Waals surface area contributed by atoms with Crippen molar-refractivity contribution in [3.63, 3.8) is 0 Å². The number of hydrogen-bond acceptors (Lipinski definition) is 0. The van der Waals surface area contributed by atoms with E-state index in [0.29, 0.717) is 0 Å². The minimum Gasteiger partial charge on any atom is -0.0614 e. The van der Waals surface area contributed by atoms with Gasteiger partial charge in [-0.05, 0) is 25.0 Å². The molecular weight excluding hydrogens is 168 g/mol. The predicted molar refractivity (Wildman–Crippen MR) is 61.4 cm³/mol. The highest BCUT2D eigenvalue weighted by Gasteiger charge is 1.96. The molecule has 0 aromatic heterocycles. The summed E-state index contributed by atoms with van der Waals surface area (Å²) < 4.78 is 63.4. The average Bonchev–Trinajstić information content (AvgIpc) is 2.50. The second-order valence-electron chi connectivity index (χ2n) is 3.00. The van der Waals surface area contributed by atoms with Crippen molar-refractivity contribution in [3.05, 3.63) is 59.5 Å². The van der Waals surface area contributed by atoms with Crippen LogP contribution in [0.25, 0.3) is 11.1 Å². The van der Waals surface area contributed by atoms with E-state index in [9.17, 15) is 0 Å². The molecule has 0 nitrogen and oxygen atoms in total. The molecule has 0 heteroatoms. The third-order valence-corrected chi connectivity index (χ3v) is 1.75. The van der Waals surface area contributed by atoms with Crippen LogP contribution in [-0.2, 0) is 0 Å². The molecule has 0 bridgehead atoms. The maximum Gasteiger partial charge on any atom is 0.0632 e. The lowest BCUT2D eigenvalue weighted by Crippen LogP contribution is -1.79. The normalized spacial score (nSPS) is 18.1. The molecule has 0 heterocycles. The van der Waals surface area contributed by atoms with Gasteiger partial charge in [0, 0.05) is 0 Å². The van der Waals surface area contributed by atoms with Gasteiger partial charge in [-0.2, -0.15) is 0 Å². The smallest absolute Gasteiger partial charge is 0.0614 e. The van der Waals surface area contributed by atoms with Crippen molar-refractivity contribution in [2.75, 3.05) is 0 Å². The Morgan fingerprint density at radius 2 is 1.50 bits per heavy atom. The third-order valence-electron chi connectivity index (χ3n) is 1.75. The Labute approximate surface area is 96.5 Å². The van der Waals surface area contributed by atoms with E-state index < -0.39 is 6.04 Å². The summed E-state index contributed by atoms with van der Waals surface area (Å²) in [6.07, 6.45) is 0. The van der Waals surface area contributed by atoms with E-state index in [4.69, 9.17) is 11.0 Å². The van der Waals surface area contributed by atoms with Crippen LogP contribution in [0.1, 0.15) is 22.1 Å². The van der Waals surface area contributed by atoms with Crippen molar-refractivity contribution in [1.82, 2.24) is 0 Å². The van der Waals surface area contributed by atoms with Crippen LogP contribution in [0.3, 0.4) is 0 Å². The van der Waals surface area contributed by atoms with E-state index in [1.807, 2.05) is 0 Å². The molecule has 2 aromatic rings. The van der Waals surface area contributed by atoms with Crippen LogP contribution in [0.2, 0.25) is 0 Å². The summed E-state index contributed by atoms with van der Waals surface area (Å²) in [5.74, 6) is 0. The molecule has 2 rings (SSSR count). The van der Waals surface area contributed by atoms with Crippen molar-refractivity contribution in [2.24, 2.45) is 0 Å². The van der Waals surface area contributed by atoms with Crippen LogP contribution >= 0.6 is 0 Å². The Bertz CT molecular complexity index is 669. The summed E-state index contributed by atoms with van der Waals surface area (Å²) in [6.45, 7) is 2.94. The molecule has 0 N–H and O–H groups in total. The van der Waals surface area contributed by atoms with Crippen LogP contribution < -0.4 is 0 Å². The number of rotatable bonds is 1. The Balaban J connectivity index is 3.03. The van der Waals surface area contributed by atoms with Gasteiger partial charge < -0.3 is 0 Å². The molecule has 0 amide bonds. The quantitative estimate of drug-likeness (QED) is 0.638. The molecule has 0 saturated heterocycles. The van der Waals surface area contributed by atoms with E-state index in [2.05, 4.69) is 0 Å². The Hall–Kier alpha value is -1.56. The highest BCUT2D eigenvalue weighted by Crippen LogP contribution is 2.20. The van der Waals surface area contributed by atoms with Crippen LogP contribution in [-0.4, -0.2) is 0 Å². The topological polar surface area (TPSA) is 0 Å². The SMILES string of the molecule is [2H]c1c([2H])c(C)c([2H])c(-c2c([2H])c([2H])c(C)c([2H])c2[2H])c1[2H]. The van der Waals surface area contributed by atoms with E-state index in [0.717, 1.165) is 0 Å². The minimum absolute atomic E-state index is 0.129. The molecule has 0 aliphatic carbocycles. The van der Waals surface area contributed by atoms with Gasteiger partial charge >= 0.3 is 0 Å². The lowest BCUT2D eigenvalue weighted by Gasteiger charge is -2.02. The molecule has 14 heavy (non-hydrogen) atoms. The zero-order chi connectivity index (χ0) is 16.9. The average molecular weight is 190 g/mol.